The SMILES string of the molecule is O=C(NC1CCNCC1)C1CCC2CN1C(=O)N2O. The molecule has 0 aromatic heterocycles. The first-order valence-electron chi connectivity index (χ1n) is 6.96. The Balaban J connectivity index is 1.62. The summed E-state index contributed by atoms with van der Waals surface area (Å²) in [5.41, 5.74) is 0. The van der Waals surface area contributed by atoms with Crippen molar-refractivity contribution >= 4 is 11.9 Å². The summed E-state index contributed by atoms with van der Waals surface area (Å²) in [6.45, 7) is 2.30. The zero-order chi connectivity index (χ0) is 13.4. The number of piperidine rings is 2. The summed E-state index contributed by atoms with van der Waals surface area (Å²) in [4.78, 5) is 25.6. The van der Waals surface area contributed by atoms with Gasteiger partial charge in [0.05, 0.1) is 6.04 Å². The third-order valence-electron chi connectivity index (χ3n) is 4.33. The van der Waals surface area contributed by atoms with Crippen molar-refractivity contribution in [3.8, 4) is 0 Å². The van der Waals surface area contributed by atoms with E-state index in [4.69, 9.17) is 0 Å². The van der Waals surface area contributed by atoms with Crippen molar-refractivity contribution in [2.75, 3.05) is 19.6 Å². The summed E-state index contributed by atoms with van der Waals surface area (Å²) < 4.78 is 0. The quantitative estimate of drug-likeness (QED) is 0.590. The van der Waals surface area contributed by atoms with Crippen molar-refractivity contribution in [1.29, 1.82) is 0 Å². The molecule has 7 nitrogen and oxygen atoms in total. The van der Waals surface area contributed by atoms with Crippen LogP contribution in [0.4, 0.5) is 4.79 Å². The smallest absolute Gasteiger partial charge is 0.344 e. The number of rotatable bonds is 2. The Morgan fingerprint density at radius 3 is 2.74 bits per heavy atom. The molecule has 2 atom stereocenters. The number of amides is 3. The Morgan fingerprint density at radius 2 is 2.00 bits per heavy atom. The van der Waals surface area contributed by atoms with Gasteiger partial charge < -0.3 is 15.5 Å². The number of hydrogen-bond acceptors (Lipinski definition) is 4. The number of carbonyl (C=O) groups excluding carboxylic acids is 2. The molecular formula is C12H20N4O3. The maximum absolute atomic E-state index is 12.3. The van der Waals surface area contributed by atoms with Crippen LogP contribution in [0.1, 0.15) is 25.7 Å². The zero-order valence-electron chi connectivity index (χ0n) is 10.8. The first-order chi connectivity index (χ1) is 9.16. The van der Waals surface area contributed by atoms with Gasteiger partial charge in [0.25, 0.3) is 0 Å². The molecule has 3 aliphatic rings. The minimum absolute atomic E-state index is 0.0750. The van der Waals surface area contributed by atoms with Gasteiger partial charge in [-0.15, -0.1) is 0 Å². The third-order valence-corrected chi connectivity index (χ3v) is 4.33. The molecule has 3 aliphatic heterocycles. The second kappa shape index (κ2) is 4.97. The van der Waals surface area contributed by atoms with Crippen molar-refractivity contribution in [3.05, 3.63) is 0 Å². The lowest BCUT2D eigenvalue weighted by Crippen LogP contribution is -2.53. The van der Waals surface area contributed by atoms with Gasteiger partial charge >= 0.3 is 6.03 Å². The van der Waals surface area contributed by atoms with Crippen LogP contribution in [0.5, 0.6) is 0 Å². The van der Waals surface area contributed by atoms with E-state index in [-0.39, 0.29) is 18.0 Å². The van der Waals surface area contributed by atoms with Gasteiger partial charge in [0, 0.05) is 12.6 Å². The van der Waals surface area contributed by atoms with Crippen molar-refractivity contribution in [3.63, 3.8) is 0 Å². The second-order valence-corrected chi connectivity index (χ2v) is 5.56. The zero-order valence-corrected chi connectivity index (χ0v) is 10.8. The summed E-state index contributed by atoms with van der Waals surface area (Å²) in [5.74, 6) is -0.0750. The topological polar surface area (TPSA) is 84.9 Å². The van der Waals surface area contributed by atoms with Gasteiger partial charge in [-0.2, -0.15) is 0 Å². The molecule has 3 heterocycles. The fourth-order valence-electron chi connectivity index (χ4n) is 3.19. The Hall–Kier alpha value is -1.34. The first-order valence-corrected chi connectivity index (χ1v) is 6.96. The predicted molar refractivity (Wildman–Crippen MR) is 66.6 cm³/mol. The number of nitrogens with one attached hydrogen (secondary N) is 2. The Kier molecular flexibility index (Phi) is 3.32. The maximum Gasteiger partial charge on any atom is 0.344 e. The molecule has 2 unspecified atom stereocenters. The average molecular weight is 268 g/mol. The number of nitrogens with zero attached hydrogens (tertiary/aromatic N) is 2. The minimum atomic E-state index is -0.437. The van der Waals surface area contributed by atoms with Crippen LogP contribution in [0.25, 0.3) is 0 Å². The lowest BCUT2D eigenvalue weighted by molar-refractivity contribution is -0.127. The van der Waals surface area contributed by atoms with Crippen molar-refractivity contribution < 1.29 is 14.8 Å². The fourth-order valence-corrected chi connectivity index (χ4v) is 3.19. The number of fused-ring (bicyclic) bond motifs is 2. The van der Waals surface area contributed by atoms with E-state index in [1.807, 2.05) is 0 Å². The number of carbonyl (C=O) groups is 2. The normalized spacial score (nSPS) is 31.7. The number of hydrogen-bond donors (Lipinski definition) is 3. The maximum atomic E-state index is 12.3. The van der Waals surface area contributed by atoms with E-state index in [9.17, 15) is 14.8 Å². The lowest BCUT2D eigenvalue weighted by Gasteiger charge is -2.32. The van der Waals surface area contributed by atoms with Gasteiger partial charge in [0.1, 0.15) is 6.04 Å². The van der Waals surface area contributed by atoms with Crippen LogP contribution < -0.4 is 10.6 Å². The van der Waals surface area contributed by atoms with E-state index >= 15 is 0 Å². The molecule has 3 rings (SSSR count). The van der Waals surface area contributed by atoms with E-state index in [2.05, 4.69) is 10.6 Å². The summed E-state index contributed by atoms with van der Waals surface area (Å²) in [5, 5.41) is 16.7. The molecule has 19 heavy (non-hydrogen) atoms. The van der Waals surface area contributed by atoms with Crippen LogP contribution in [0.3, 0.4) is 0 Å². The molecule has 3 N–H and O–H groups in total. The molecule has 106 valence electrons. The fraction of sp³-hybridized carbons (Fsp3) is 0.833. The van der Waals surface area contributed by atoms with Crippen LogP contribution >= 0.6 is 0 Å². The minimum Gasteiger partial charge on any atom is -0.351 e. The molecule has 0 aromatic rings. The average Bonchev–Trinajstić information content (AvgIpc) is 2.65. The van der Waals surface area contributed by atoms with Crippen LogP contribution in [-0.2, 0) is 4.79 Å². The van der Waals surface area contributed by atoms with Crippen LogP contribution in [0.15, 0.2) is 0 Å². The van der Waals surface area contributed by atoms with Gasteiger partial charge in [-0.3, -0.25) is 10.0 Å². The van der Waals surface area contributed by atoms with Crippen molar-refractivity contribution in [1.82, 2.24) is 20.6 Å². The van der Waals surface area contributed by atoms with Crippen molar-refractivity contribution in [2.45, 2.75) is 43.8 Å². The summed E-state index contributed by atoms with van der Waals surface area (Å²) in [6, 6.07) is -0.798. The highest BCUT2D eigenvalue weighted by Crippen LogP contribution is 2.28. The summed E-state index contributed by atoms with van der Waals surface area (Å²) >= 11 is 0. The highest BCUT2D eigenvalue weighted by molar-refractivity contribution is 5.88. The summed E-state index contributed by atoms with van der Waals surface area (Å²) in [6.07, 6.45) is 3.18. The van der Waals surface area contributed by atoms with E-state index in [0.29, 0.717) is 19.4 Å². The predicted octanol–water partition coefficient (Wildman–Crippen LogP) is -0.488. The highest BCUT2D eigenvalue weighted by atomic mass is 16.5. The second-order valence-electron chi connectivity index (χ2n) is 5.56. The third kappa shape index (κ3) is 2.28. The van der Waals surface area contributed by atoms with Crippen LogP contribution in [-0.4, -0.2) is 64.9 Å². The molecule has 0 aliphatic carbocycles. The van der Waals surface area contributed by atoms with E-state index in [1.165, 1.54) is 4.90 Å². The molecule has 0 radical (unpaired) electrons. The van der Waals surface area contributed by atoms with Gasteiger partial charge in [0.2, 0.25) is 5.91 Å². The van der Waals surface area contributed by atoms with Gasteiger partial charge in [-0.05, 0) is 38.8 Å². The standard InChI is InChI=1S/C12H20N4O3/c17-11(14-8-3-5-13-6-4-8)10-2-1-9-7-15(10)12(18)16(9)19/h8-10,13,19H,1-7H2,(H,14,17). The van der Waals surface area contributed by atoms with Crippen molar-refractivity contribution in [2.24, 2.45) is 0 Å². The molecular weight excluding hydrogens is 248 g/mol. The van der Waals surface area contributed by atoms with Gasteiger partial charge in [-0.25, -0.2) is 9.86 Å². The largest absolute Gasteiger partial charge is 0.351 e. The summed E-state index contributed by atoms with van der Waals surface area (Å²) in [7, 11) is 0. The van der Waals surface area contributed by atoms with Crippen LogP contribution in [0.2, 0.25) is 0 Å². The molecule has 0 saturated carbocycles. The highest BCUT2D eigenvalue weighted by Gasteiger charge is 2.46. The molecule has 2 bridgehead atoms. The molecule has 3 saturated heterocycles. The Labute approximate surface area is 111 Å². The first kappa shape index (κ1) is 12.7. The monoisotopic (exact) mass is 268 g/mol. The number of hydroxylamine groups is 2. The van der Waals surface area contributed by atoms with E-state index in [1.54, 1.807) is 0 Å². The lowest BCUT2D eigenvalue weighted by atomic mass is 9.99. The number of urea groups is 1. The molecule has 0 aromatic carbocycles. The molecule has 7 heteroatoms. The molecule has 3 fully saturated rings. The van der Waals surface area contributed by atoms with E-state index < -0.39 is 12.1 Å². The molecule has 3 amide bonds. The van der Waals surface area contributed by atoms with Crippen LogP contribution in [0, 0.1) is 0 Å². The Bertz CT molecular complexity index is 383. The van der Waals surface area contributed by atoms with Gasteiger partial charge in [-0.1, -0.05) is 0 Å². The Morgan fingerprint density at radius 1 is 1.26 bits per heavy atom. The molecule has 0 spiro atoms. The van der Waals surface area contributed by atoms with E-state index in [0.717, 1.165) is 31.0 Å². The van der Waals surface area contributed by atoms with Gasteiger partial charge in [0.15, 0.2) is 0 Å².